The standard InChI is InChI=1S/C8H6INO2/c1-2-3-4-7(11)6(5-10)8(9)12/h1,11H,3-4H2/b7-6-. The van der Waals surface area contributed by atoms with Crippen LogP contribution in [0, 0.1) is 23.7 Å². The van der Waals surface area contributed by atoms with Crippen molar-refractivity contribution >= 4 is 26.4 Å². The van der Waals surface area contributed by atoms with Crippen LogP contribution in [0.15, 0.2) is 11.3 Å². The third kappa shape index (κ3) is 3.40. The molecule has 1 N–H and O–H groups in total. The second-order valence-corrected chi connectivity index (χ2v) is 2.89. The van der Waals surface area contributed by atoms with Crippen molar-refractivity contribution in [1.29, 1.82) is 5.26 Å². The van der Waals surface area contributed by atoms with Crippen molar-refractivity contribution in [3.8, 4) is 18.4 Å². The highest BCUT2D eigenvalue weighted by Gasteiger charge is 2.10. The number of hydrogen-bond acceptors (Lipinski definition) is 3. The predicted molar refractivity (Wildman–Crippen MR) is 52.4 cm³/mol. The van der Waals surface area contributed by atoms with E-state index in [0.29, 0.717) is 6.42 Å². The number of aliphatic hydroxyl groups is 1. The highest BCUT2D eigenvalue weighted by molar-refractivity contribution is 14.1. The largest absolute Gasteiger partial charge is 0.511 e. The van der Waals surface area contributed by atoms with Gasteiger partial charge < -0.3 is 5.11 Å². The van der Waals surface area contributed by atoms with Gasteiger partial charge in [-0.05, 0) is 0 Å². The molecule has 62 valence electrons. The molecular formula is C8H6INO2. The summed E-state index contributed by atoms with van der Waals surface area (Å²) in [6.45, 7) is 0. The maximum atomic E-state index is 10.7. The molecule has 4 heteroatoms. The van der Waals surface area contributed by atoms with Crippen molar-refractivity contribution in [2.75, 3.05) is 0 Å². The average Bonchev–Trinajstić information content (AvgIpc) is 2.01. The summed E-state index contributed by atoms with van der Waals surface area (Å²) in [6.07, 6.45) is 5.44. The molecule has 0 fully saturated rings. The highest BCUT2D eigenvalue weighted by Crippen LogP contribution is 2.11. The van der Waals surface area contributed by atoms with Crippen molar-refractivity contribution in [3.63, 3.8) is 0 Å². The first-order valence-electron chi connectivity index (χ1n) is 3.09. The normalized spacial score (nSPS) is 10.9. The first kappa shape index (κ1) is 11.0. The van der Waals surface area contributed by atoms with Gasteiger partial charge in [0, 0.05) is 35.4 Å². The number of aliphatic hydroxyl groups excluding tert-OH is 1. The lowest BCUT2D eigenvalue weighted by atomic mass is 10.2. The van der Waals surface area contributed by atoms with E-state index in [-0.39, 0.29) is 17.8 Å². The van der Waals surface area contributed by atoms with Crippen molar-refractivity contribution < 1.29 is 9.90 Å². The number of nitriles is 1. The second-order valence-electron chi connectivity index (χ2n) is 1.91. The number of terminal acetylenes is 1. The Morgan fingerprint density at radius 3 is 2.58 bits per heavy atom. The van der Waals surface area contributed by atoms with E-state index >= 15 is 0 Å². The van der Waals surface area contributed by atoms with Gasteiger partial charge >= 0.3 is 0 Å². The molecule has 0 heterocycles. The van der Waals surface area contributed by atoms with Crippen LogP contribution in [0.1, 0.15) is 12.8 Å². The quantitative estimate of drug-likeness (QED) is 0.213. The number of allylic oxidation sites excluding steroid dienone is 2. The van der Waals surface area contributed by atoms with Gasteiger partial charge in [-0.1, -0.05) is 0 Å². The molecule has 0 aliphatic rings. The van der Waals surface area contributed by atoms with Crippen LogP contribution in [0.5, 0.6) is 0 Å². The van der Waals surface area contributed by atoms with Crippen molar-refractivity contribution in [3.05, 3.63) is 11.3 Å². The Kier molecular flexibility index (Phi) is 5.14. The minimum Gasteiger partial charge on any atom is -0.511 e. The maximum absolute atomic E-state index is 10.7. The predicted octanol–water partition coefficient (Wildman–Crippen LogP) is 1.70. The van der Waals surface area contributed by atoms with Crippen LogP contribution in [0.4, 0.5) is 0 Å². The summed E-state index contributed by atoms with van der Waals surface area (Å²) >= 11 is 1.44. The monoisotopic (exact) mass is 275 g/mol. The molecule has 0 aromatic heterocycles. The number of carbonyl (C=O) groups is 1. The fourth-order valence-electron chi connectivity index (χ4n) is 0.537. The van der Waals surface area contributed by atoms with Crippen LogP contribution < -0.4 is 0 Å². The molecule has 0 aliphatic carbocycles. The smallest absolute Gasteiger partial charge is 0.236 e. The van der Waals surface area contributed by atoms with E-state index < -0.39 is 3.79 Å². The Bertz CT molecular complexity index is 293. The number of rotatable bonds is 3. The molecule has 0 unspecified atom stereocenters. The first-order chi connectivity index (χ1) is 5.63. The molecule has 0 rings (SSSR count). The molecule has 12 heavy (non-hydrogen) atoms. The van der Waals surface area contributed by atoms with E-state index in [0.717, 1.165) is 0 Å². The lowest BCUT2D eigenvalue weighted by Crippen LogP contribution is -1.96. The minimum atomic E-state index is -0.468. The number of nitrogens with zero attached hydrogens (tertiary/aromatic N) is 1. The molecule has 0 atom stereocenters. The Morgan fingerprint density at radius 2 is 2.25 bits per heavy atom. The van der Waals surface area contributed by atoms with E-state index in [1.165, 1.54) is 22.6 Å². The molecule has 0 saturated carbocycles. The molecule has 0 radical (unpaired) electrons. The molecule has 0 bridgehead atoms. The summed E-state index contributed by atoms with van der Waals surface area (Å²) in [5.74, 6) is 2.07. The first-order valence-corrected chi connectivity index (χ1v) is 4.16. The molecule has 3 nitrogen and oxygen atoms in total. The van der Waals surface area contributed by atoms with Gasteiger partial charge in [0.15, 0.2) is 0 Å². The van der Waals surface area contributed by atoms with Crippen LogP contribution in [0.2, 0.25) is 0 Å². The zero-order valence-electron chi connectivity index (χ0n) is 6.17. The van der Waals surface area contributed by atoms with E-state index in [4.69, 9.17) is 16.8 Å². The topological polar surface area (TPSA) is 61.1 Å². The van der Waals surface area contributed by atoms with Gasteiger partial charge in [-0.3, -0.25) is 4.79 Å². The van der Waals surface area contributed by atoms with Gasteiger partial charge in [-0.2, -0.15) is 5.26 Å². The summed E-state index contributed by atoms with van der Waals surface area (Å²) in [6, 6.07) is 1.61. The maximum Gasteiger partial charge on any atom is 0.236 e. The van der Waals surface area contributed by atoms with Crippen LogP contribution in [-0.2, 0) is 4.79 Å². The molecule has 0 aromatic rings. The highest BCUT2D eigenvalue weighted by atomic mass is 127. The van der Waals surface area contributed by atoms with Gasteiger partial charge in [-0.25, -0.2) is 0 Å². The number of carbonyl (C=O) groups excluding carboxylic acids is 1. The molecule has 0 saturated heterocycles. The van der Waals surface area contributed by atoms with Crippen molar-refractivity contribution in [2.45, 2.75) is 12.8 Å². The zero-order valence-corrected chi connectivity index (χ0v) is 8.33. The second kappa shape index (κ2) is 5.62. The molecular weight excluding hydrogens is 269 g/mol. The van der Waals surface area contributed by atoms with Gasteiger partial charge in [0.1, 0.15) is 17.4 Å². The fourth-order valence-corrected chi connectivity index (χ4v) is 0.969. The summed E-state index contributed by atoms with van der Waals surface area (Å²) in [4.78, 5) is 10.7. The van der Waals surface area contributed by atoms with E-state index in [9.17, 15) is 4.79 Å². The minimum absolute atomic E-state index is 0.175. The summed E-state index contributed by atoms with van der Waals surface area (Å²) in [5, 5.41) is 17.6. The van der Waals surface area contributed by atoms with E-state index in [1.54, 1.807) is 6.07 Å². The Balaban J connectivity index is 4.55. The van der Waals surface area contributed by atoms with E-state index in [2.05, 4.69) is 5.92 Å². The molecule has 0 aromatic carbocycles. The Hall–Kier alpha value is -1.01. The average molecular weight is 275 g/mol. The van der Waals surface area contributed by atoms with Crippen LogP contribution >= 0.6 is 22.6 Å². The van der Waals surface area contributed by atoms with Crippen LogP contribution in [0.25, 0.3) is 0 Å². The molecule has 0 amide bonds. The van der Waals surface area contributed by atoms with Gasteiger partial charge in [0.2, 0.25) is 3.79 Å². The molecule has 0 spiro atoms. The summed E-state index contributed by atoms with van der Waals surface area (Å²) in [7, 11) is 0. The third-order valence-electron chi connectivity index (χ3n) is 1.10. The summed E-state index contributed by atoms with van der Waals surface area (Å²) < 4.78 is -0.468. The van der Waals surface area contributed by atoms with Gasteiger partial charge in [0.05, 0.1) is 0 Å². The summed E-state index contributed by atoms with van der Waals surface area (Å²) in [5.41, 5.74) is -0.217. The number of hydrogen-bond donors (Lipinski definition) is 1. The Morgan fingerprint density at radius 1 is 1.67 bits per heavy atom. The van der Waals surface area contributed by atoms with Crippen LogP contribution in [0.3, 0.4) is 0 Å². The zero-order chi connectivity index (χ0) is 9.56. The van der Waals surface area contributed by atoms with Gasteiger partial charge in [0.25, 0.3) is 0 Å². The van der Waals surface area contributed by atoms with Crippen LogP contribution in [-0.4, -0.2) is 8.90 Å². The van der Waals surface area contributed by atoms with E-state index in [1.807, 2.05) is 0 Å². The SMILES string of the molecule is C#CCC/C(O)=C(\C#N)C(=O)I. The third-order valence-corrected chi connectivity index (χ3v) is 1.64. The fraction of sp³-hybridized carbons (Fsp3) is 0.250. The lowest BCUT2D eigenvalue weighted by Gasteiger charge is -1.96. The van der Waals surface area contributed by atoms with Gasteiger partial charge in [-0.15, -0.1) is 12.3 Å². The lowest BCUT2D eigenvalue weighted by molar-refractivity contribution is -0.106. The number of halogens is 1. The molecule has 0 aliphatic heterocycles. The Labute approximate surface area is 84.2 Å². The van der Waals surface area contributed by atoms with Crippen molar-refractivity contribution in [1.82, 2.24) is 0 Å². The van der Waals surface area contributed by atoms with Crippen molar-refractivity contribution in [2.24, 2.45) is 0 Å².